The molecule has 3 aliphatic heterocycles. The first-order chi connectivity index (χ1) is 19.8. The summed E-state index contributed by atoms with van der Waals surface area (Å²) in [4.78, 5) is 60.5. The van der Waals surface area contributed by atoms with Crippen LogP contribution in [0, 0.1) is 0 Å². The average Bonchev–Trinajstić information content (AvgIpc) is 3.70. The Morgan fingerprint density at radius 2 is 1.90 bits per heavy atom. The molecule has 15 heteroatoms. The number of rotatable bonds is 7. The molecule has 41 heavy (non-hydrogen) atoms. The molecule has 7 rings (SSSR count). The van der Waals surface area contributed by atoms with E-state index in [9.17, 15) is 19.2 Å². The molecule has 0 bridgehead atoms. The van der Waals surface area contributed by atoms with Crippen LogP contribution in [0.1, 0.15) is 18.9 Å². The van der Waals surface area contributed by atoms with E-state index in [-0.39, 0.29) is 42.3 Å². The van der Waals surface area contributed by atoms with Gasteiger partial charge in [0.2, 0.25) is 5.43 Å². The lowest BCUT2D eigenvalue weighted by atomic mass is 10.1. The van der Waals surface area contributed by atoms with Crippen LogP contribution in [0.4, 0.5) is 27.0 Å². The Balaban J connectivity index is 0.973. The highest BCUT2D eigenvalue weighted by Gasteiger charge is 2.36. The zero-order valence-electron chi connectivity index (χ0n) is 21.6. The van der Waals surface area contributed by atoms with Gasteiger partial charge in [-0.25, -0.2) is 19.6 Å². The van der Waals surface area contributed by atoms with Crippen molar-refractivity contribution < 1.29 is 33.7 Å². The second kappa shape index (κ2) is 9.62. The molecule has 3 aromatic heterocycles. The molecular weight excluding hydrogens is 538 g/mol. The lowest BCUT2D eigenvalue weighted by Crippen LogP contribution is -2.59. The summed E-state index contributed by atoms with van der Waals surface area (Å²) in [6.45, 7) is 2.02. The van der Waals surface area contributed by atoms with Gasteiger partial charge in [-0.15, -0.1) is 0 Å². The van der Waals surface area contributed by atoms with Gasteiger partial charge in [-0.2, -0.15) is 0 Å². The van der Waals surface area contributed by atoms with Gasteiger partial charge in [0.05, 0.1) is 18.1 Å². The maximum Gasteiger partial charge on any atom is 0.511 e. The monoisotopic (exact) mass is 563 g/mol. The van der Waals surface area contributed by atoms with Crippen molar-refractivity contribution in [2.24, 2.45) is 0 Å². The van der Waals surface area contributed by atoms with Gasteiger partial charge < -0.3 is 39.4 Å². The number of carboxylic acid groups (broad SMARTS) is 1. The van der Waals surface area contributed by atoms with Crippen molar-refractivity contribution >= 4 is 46.6 Å². The Bertz CT molecular complexity index is 1650. The van der Waals surface area contributed by atoms with Gasteiger partial charge >= 0.3 is 12.2 Å². The first-order valence-corrected chi connectivity index (χ1v) is 13.2. The molecule has 1 atom stereocenters. The number of anilines is 3. The SMILES string of the molecule is O=C1COc2ccc(N3C[C@@H](CNC4CN(c5ccc6c(=O)c(OC(=O)O)cn(C7CC7)c6n5)C4)OC3=O)nc2N1. The Labute approximate surface area is 231 Å². The second-order valence-corrected chi connectivity index (χ2v) is 10.3. The minimum Gasteiger partial charge on any atom is -0.480 e. The standard InChI is InChI=1S/C26H25N7O8/c34-21-12-39-17-4-6-20(28-23(17)30-21)33-10-15(40-25(33)36)7-27-13-8-31(9-13)19-5-3-16-22(35)18(41-26(37)38)11-32(14-1-2-14)24(16)29-19/h3-6,11,13-15,27H,1-2,7-10,12H2,(H,37,38)(H,28,30,34)/t15-/m1/s1. The fraction of sp³-hybridized carbons (Fsp3) is 0.385. The fourth-order valence-electron chi connectivity index (χ4n) is 5.18. The fourth-order valence-corrected chi connectivity index (χ4v) is 5.18. The van der Waals surface area contributed by atoms with Crippen molar-refractivity contribution in [3.05, 3.63) is 40.7 Å². The molecule has 4 aliphatic rings. The number of fused-ring (bicyclic) bond motifs is 2. The molecule has 212 valence electrons. The number of cyclic esters (lactones) is 1. The smallest absolute Gasteiger partial charge is 0.480 e. The number of ether oxygens (including phenoxy) is 3. The lowest BCUT2D eigenvalue weighted by Gasteiger charge is -2.41. The molecule has 0 aromatic carbocycles. The van der Waals surface area contributed by atoms with Gasteiger partial charge in [-0.05, 0) is 37.1 Å². The Morgan fingerprint density at radius 3 is 2.68 bits per heavy atom. The molecule has 3 N–H and O–H groups in total. The predicted molar refractivity (Wildman–Crippen MR) is 143 cm³/mol. The van der Waals surface area contributed by atoms with E-state index in [0.29, 0.717) is 54.6 Å². The molecule has 15 nitrogen and oxygen atoms in total. The van der Waals surface area contributed by atoms with E-state index >= 15 is 0 Å². The highest BCUT2D eigenvalue weighted by atomic mass is 16.7. The second-order valence-electron chi connectivity index (χ2n) is 10.3. The number of carbonyl (C=O) groups is 3. The highest BCUT2D eigenvalue weighted by molar-refractivity contribution is 5.95. The Hall–Kier alpha value is -4.92. The van der Waals surface area contributed by atoms with Crippen LogP contribution in [0.25, 0.3) is 11.0 Å². The van der Waals surface area contributed by atoms with Crippen LogP contribution in [0.5, 0.6) is 11.5 Å². The summed E-state index contributed by atoms with van der Waals surface area (Å²) in [6.07, 6.45) is 0.846. The number of pyridine rings is 3. The average molecular weight is 564 g/mol. The Kier molecular flexibility index (Phi) is 5.88. The predicted octanol–water partition coefficient (Wildman–Crippen LogP) is 1.32. The van der Waals surface area contributed by atoms with E-state index in [4.69, 9.17) is 24.3 Å². The molecule has 3 fully saturated rings. The molecule has 0 spiro atoms. The van der Waals surface area contributed by atoms with Crippen LogP contribution in [-0.2, 0) is 9.53 Å². The summed E-state index contributed by atoms with van der Waals surface area (Å²) in [5.74, 6) is 1.26. The van der Waals surface area contributed by atoms with E-state index in [0.717, 1.165) is 12.8 Å². The molecule has 2 saturated heterocycles. The third-order valence-corrected chi connectivity index (χ3v) is 7.42. The summed E-state index contributed by atoms with van der Waals surface area (Å²) in [7, 11) is 0. The maximum absolute atomic E-state index is 12.8. The van der Waals surface area contributed by atoms with E-state index in [1.807, 2.05) is 4.57 Å². The van der Waals surface area contributed by atoms with Crippen molar-refractivity contribution in [1.29, 1.82) is 0 Å². The van der Waals surface area contributed by atoms with Crippen molar-refractivity contribution in [2.75, 3.05) is 47.9 Å². The molecular formula is C26H25N7O8. The number of nitrogens with one attached hydrogen (secondary N) is 2. The van der Waals surface area contributed by atoms with Gasteiger partial charge in [0.15, 0.2) is 23.9 Å². The van der Waals surface area contributed by atoms with Gasteiger partial charge in [0, 0.05) is 31.7 Å². The van der Waals surface area contributed by atoms with Crippen LogP contribution < -0.4 is 35.3 Å². The lowest BCUT2D eigenvalue weighted by molar-refractivity contribution is -0.118. The van der Waals surface area contributed by atoms with Crippen molar-refractivity contribution in [3.8, 4) is 11.5 Å². The van der Waals surface area contributed by atoms with Crippen LogP contribution in [-0.4, -0.2) is 82.7 Å². The molecule has 1 saturated carbocycles. The molecule has 1 aliphatic carbocycles. The van der Waals surface area contributed by atoms with Gasteiger partial charge in [0.1, 0.15) is 23.4 Å². The molecule has 6 heterocycles. The normalized spacial score (nSPS) is 20.2. The van der Waals surface area contributed by atoms with Gasteiger partial charge in [0.25, 0.3) is 5.91 Å². The summed E-state index contributed by atoms with van der Waals surface area (Å²) in [5.41, 5.74) is -0.00523. The number of amides is 2. The van der Waals surface area contributed by atoms with E-state index in [1.54, 1.807) is 24.3 Å². The van der Waals surface area contributed by atoms with Crippen LogP contribution in [0.15, 0.2) is 35.3 Å². The zero-order valence-corrected chi connectivity index (χ0v) is 21.6. The van der Waals surface area contributed by atoms with E-state index in [1.165, 1.54) is 11.1 Å². The minimum absolute atomic E-state index is 0.0740. The van der Waals surface area contributed by atoms with Gasteiger partial charge in [-0.1, -0.05) is 0 Å². The van der Waals surface area contributed by atoms with E-state index < -0.39 is 17.7 Å². The molecule has 2 amide bonds. The highest BCUT2D eigenvalue weighted by Crippen LogP contribution is 2.38. The van der Waals surface area contributed by atoms with Crippen LogP contribution in [0.3, 0.4) is 0 Å². The van der Waals surface area contributed by atoms with E-state index in [2.05, 4.69) is 20.5 Å². The van der Waals surface area contributed by atoms with Crippen molar-refractivity contribution in [3.63, 3.8) is 0 Å². The number of hydrogen-bond acceptors (Lipinski definition) is 11. The summed E-state index contributed by atoms with van der Waals surface area (Å²) in [6, 6.07) is 7.01. The first kappa shape index (κ1) is 25.1. The number of hydrogen-bond donors (Lipinski definition) is 3. The van der Waals surface area contributed by atoms with Crippen LogP contribution in [0.2, 0.25) is 0 Å². The van der Waals surface area contributed by atoms with Crippen molar-refractivity contribution in [2.45, 2.75) is 31.0 Å². The minimum atomic E-state index is -1.53. The van der Waals surface area contributed by atoms with Gasteiger partial charge in [-0.3, -0.25) is 14.5 Å². The summed E-state index contributed by atoms with van der Waals surface area (Å²) >= 11 is 0. The molecule has 0 radical (unpaired) electrons. The maximum atomic E-state index is 12.8. The summed E-state index contributed by atoms with van der Waals surface area (Å²) < 4.78 is 17.4. The third kappa shape index (κ3) is 4.73. The topological polar surface area (TPSA) is 177 Å². The third-order valence-electron chi connectivity index (χ3n) is 7.42. The van der Waals surface area contributed by atoms with Crippen molar-refractivity contribution in [1.82, 2.24) is 19.9 Å². The summed E-state index contributed by atoms with van der Waals surface area (Å²) in [5, 5.41) is 15.4. The van der Waals surface area contributed by atoms with Crippen LogP contribution >= 0.6 is 0 Å². The number of aromatic nitrogens is 3. The first-order valence-electron chi connectivity index (χ1n) is 13.2. The number of carbonyl (C=O) groups excluding carboxylic acids is 2. The Morgan fingerprint density at radius 1 is 1.10 bits per heavy atom. The largest absolute Gasteiger partial charge is 0.511 e. The zero-order chi connectivity index (χ0) is 28.2. The quantitative estimate of drug-likeness (QED) is 0.352. The molecule has 3 aromatic rings. The number of nitrogens with zero attached hydrogens (tertiary/aromatic N) is 5. The molecule has 0 unspecified atom stereocenters.